The van der Waals surface area contributed by atoms with Crippen molar-refractivity contribution in [1.29, 1.82) is 0 Å². The second-order valence-corrected chi connectivity index (χ2v) is 5.63. The van der Waals surface area contributed by atoms with Crippen LogP contribution in [-0.2, 0) is 13.6 Å². The molecular weight excluding hydrogens is 346 g/mol. The van der Waals surface area contributed by atoms with Crippen molar-refractivity contribution in [2.45, 2.75) is 19.9 Å². The van der Waals surface area contributed by atoms with E-state index < -0.39 is 0 Å². The zero-order chi connectivity index (χ0) is 14.7. The number of aromatic nitrogens is 4. The average molecular weight is 361 g/mol. The summed E-state index contributed by atoms with van der Waals surface area (Å²) in [6.45, 7) is 3.12. The molecule has 0 fully saturated rings. The number of amides is 1. The van der Waals surface area contributed by atoms with E-state index in [9.17, 15) is 4.79 Å². The van der Waals surface area contributed by atoms with Crippen LogP contribution in [-0.4, -0.2) is 32.0 Å². The highest BCUT2D eigenvalue weighted by molar-refractivity contribution is 9.10. The predicted octanol–water partition coefficient (Wildman–Crippen LogP) is 2.16. The lowest BCUT2D eigenvalue weighted by Crippen LogP contribution is -2.27. The van der Waals surface area contributed by atoms with Crippen LogP contribution in [0.3, 0.4) is 0 Å². The zero-order valence-electron chi connectivity index (χ0n) is 11.2. The van der Waals surface area contributed by atoms with Crippen molar-refractivity contribution in [2.24, 2.45) is 7.05 Å². The van der Waals surface area contributed by atoms with Gasteiger partial charge in [-0.05, 0) is 29.3 Å². The molecule has 0 spiro atoms. The molecule has 0 aliphatic heterocycles. The number of rotatable bonds is 5. The third-order valence-electron chi connectivity index (χ3n) is 2.82. The Kier molecular flexibility index (Phi) is 4.82. The summed E-state index contributed by atoms with van der Waals surface area (Å²) in [4.78, 5) is 12.1. The van der Waals surface area contributed by atoms with Crippen LogP contribution < -0.4 is 5.32 Å². The molecule has 0 atom stereocenters. The molecule has 6 nitrogen and oxygen atoms in total. The lowest BCUT2D eigenvalue weighted by Gasteiger charge is -2.06. The molecule has 0 aromatic carbocycles. The third kappa shape index (κ3) is 3.40. The first kappa shape index (κ1) is 15.1. The molecule has 20 heavy (non-hydrogen) atoms. The van der Waals surface area contributed by atoms with Gasteiger partial charge in [-0.25, -0.2) is 0 Å². The molecular formula is C12H15BrClN5O. The van der Waals surface area contributed by atoms with Gasteiger partial charge in [0.05, 0.1) is 21.4 Å². The Balaban J connectivity index is 1.83. The van der Waals surface area contributed by atoms with Gasteiger partial charge in [0.2, 0.25) is 0 Å². The Bertz CT molecular complexity index is 621. The van der Waals surface area contributed by atoms with E-state index in [0.29, 0.717) is 23.8 Å². The third-order valence-corrected chi connectivity index (χ3v) is 3.96. The van der Waals surface area contributed by atoms with Gasteiger partial charge in [-0.3, -0.25) is 14.2 Å². The number of halogens is 2. The first-order valence-electron chi connectivity index (χ1n) is 6.14. The van der Waals surface area contributed by atoms with E-state index in [2.05, 4.69) is 31.4 Å². The number of carbonyl (C=O) groups is 1. The fraction of sp³-hybridized carbons (Fsp3) is 0.417. The van der Waals surface area contributed by atoms with Crippen molar-refractivity contribution in [2.75, 3.05) is 6.54 Å². The van der Waals surface area contributed by atoms with Crippen LogP contribution in [0.4, 0.5) is 0 Å². The van der Waals surface area contributed by atoms with Crippen molar-refractivity contribution in [3.05, 3.63) is 33.3 Å². The first-order chi connectivity index (χ1) is 9.49. The van der Waals surface area contributed by atoms with E-state index in [1.54, 1.807) is 28.8 Å². The van der Waals surface area contributed by atoms with Gasteiger partial charge in [-0.1, -0.05) is 11.6 Å². The quantitative estimate of drug-likeness (QED) is 0.831. The highest BCUT2D eigenvalue weighted by Gasteiger charge is 2.17. The smallest absolute Gasteiger partial charge is 0.270 e. The van der Waals surface area contributed by atoms with Crippen molar-refractivity contribution < 1.29 is 4.79 Å². The van der Waals surface area contributed by atoms with E-state index >= 15 is 0 Å². The van der Waals surface area contributed by atoms with Crippen LogP contribution in [0.1, 0.15) is 22.6 Å². The molecule has 0 unspecified atom stereocenters. The van der Waals surface area contributed by atoms with Crippen molar-refractivity contribution in [3.63, 3.8) is 0 Å². The van der Waals surface area contributed by atoms with Gasteiger partial charge in [-0.15, -0.1) is 0 Å². The van der Waals surface area contributed by atoms with Gasteiger partial charge < -0.3 is 5.32 Å². The molecule has 2 aromatic heterocycles. The minimum atomic E-state index is -0.140. The SMILES string of the molecule is Cc1nn(C)c(C(=O)NCCCn2cc(Cl)cn2)c1Br. The summed E-state index contributed by atoms with van der Waals surface area (Å²) >= 11 is 9.15. The van der Waals surface area contributed by atoms with E-state index in [4.69, 9.17) is 11.6 Å². The molecule has 1 amide bonds. The van der Waals surface area contributed by atoms with Gasteiger partial charge in [-0.2, -0.15) is 10.2 Å². The normalized spacial score (nSPS) is 10.8. The van der Waals surface area contributed by atoms with E-state index in [1.807, 2.05) is 6.92 Å². The zero-order valence-corrected chi connectivity index (χ0v) is 13.6. The van der Waals surface area contributed by atoms with Crippen LogP contribution in [0.15, 0.2) is 16.9 Å². The molecule has 108 valence electrons. The van der Waals surface area contributed by atoms with Crippen molar-refractivity contribution in [1.82, 2.24) is 24.9 Å². The van der Waals surface area contributed by atoms with E-state index in [-0.39, 0.29) is 5.91 Å². The molecule has 0 aliphatic carbocycles. The Labute approximate surface area is 130 Å². The number of hydrogen-bond donors (Lipinski definition) is 1. The number of carbonyl (C=O) groups excluding carboxylic acids is 1. The Morgan fingerprint density at radius 2 is 2.30 bits per heavy atom. The predicted molar refractivity (Wildman–Crippen MR) is 79.8 cm³/mol. The largest absolute Gasteiger partial charge is 0.351 e. The molecule has 8 heteroatoms. The molecule has 0 saturated carbocycles. The summed E-state index contributed by atoms with van der Waals surface area (Å²) < 4.78 is 4.05. The van der Waals surface area contributed by atoms with Crippen molar-refractivity contribution in [3.8, 4) is 0 Å². The van der Waals surface area contributed by atoms with Gasteiger partial charge in [0.25, 0.3) is 5.91 Å². The number of aryl methyl sites for hydroxylation is 3. The van der Waals surface area contributed by atoms with Crippen molar-refractivity contribution >= 4 is 33.4 Å². The molecule has 0 saturated heterocycles. The van der Waals surface area contributed by atoms with E-state index in [0.717, 1.165) is 16.6 Å². The molecule has 0 radical (unpaired) electrons. The number of nitrogens with zero attached hydrogens (tertiary/aromatic N) is 4. The second-order valence-electron chi connectivity index (χ2n) is 4.40. The monoisotopic (exact) mass is 359 g/mol. The van der Waals surface area contributed by atoms with Crippen LogP contribution in [0.5, 0.6) is 0 Å². The lowest BCUT2D eigenvalue weighted by atomic mass is 10.3. The number of hydrogen-bond acceptors (Lipinski definition) is 3. The second kappa shape index (κ2) is 6.41. The molecule has 2 heterocycles. The Morgan fingerprint density at radius 1 is 1.55 bits per heavy atom. The summed E-state index contributed by atoms with van der Waals surface area (Å²) in [7, 11) is 1.75. The summed E-state index contributed by atoms with van der Waals surface area (Å²) in [5.74, 6) is -0.140. The summed E-state index contributed by atoms with van der Waals surface area (Å²) in [6, 6.07) is 0. The maximum atomic E-state index is 12.1. The Hall–Kier alpha value is -1.34. The summed E-state index contributed by atoms with van der Waals surface area (Å²) in [5.41, 5.74) is 1.33. The van der Waals surface area contributed by atoms with Crippen LogP contribution in [0.25, 0.3) is 0 Å². The summed E-state index contributed by atoms with van der Waals surface area (Å²) in [6.07, 6.45) is 4.12. The fourth-order valence-corrected chi connectivity index (χ4v) is 2.54. The number of nitrogens with one attached hydrogen (secondary N) is 1. The first-order valence-corrected chi connectivity index (χ1v) is 7.31. The maximum Gasteiger partial charge on any atom is 0.270 e. The molecule has 0 bridgehead atoms. The lowest BCUT2D eigenvalue weighted by molar-refractivity contribution is 0.0942. The summed E-state index contributed by atoms with van der Waals surface area (Å²) in [5, 5.41) is 11.7. The van der Waals surface area contributed by atoms with Crippen LogP contribution in [0, 0.1) is 6.92 Å². The van der Waals surface area contributed by atoms with Gasteiger partial charge in [0.15, 0.2) is 0 Å². The highest BCUT2D eigenvalue weighted by atomic mass is 79.9. The molecule has 2 aromatic rings. The van der Waals surface area contributed by atoms with E-state index in [1.165, 1.54) is 0 Å². The van der Waals surface area contributed by atoms with Gasteiger partial charge in [0, 0.05) is 26.3 Å². The average Bonchev–Trinajstić information content (AvgIpc) is 2.90. The standard InChI is InChI=1S/C12H15BrClN5O/c1-8-10(13)11(18(2)17-8)12(20)15-4-3-5-19-7-9(14)6-16-19/h6-7H,3-5H2,1-2H3,(H,15,20). The highest BCUT2D eigenvalue weighted by Crippen LogP contribution is 2.19. The van der Waals surface area contributed by atoms with Gasteiger partial charge >= 0.3 is 0 Å². The van der Waals surface area contributed by atoms with Crippen LogP contribution in [0.2, 0.25) is 5.02 Å². The molecule has 1 N–H and O–H groups in total. The Morgan fingerprint density at radius 3 is 2.85 bits per heavy atom. The van der Waals surface area contributed by atoms with Crippen LogP contribution >= 0.6 is 27.5 Å². The minimum Gasteiger partial charge on any atom is -0.351 e. The fourth-order valence-electron chi connectivity index (χ4n) is 1.87. The maximum absolute atomic E-state index is 12.1. The minimum absolute atomic E-state index is 0.140. The molecule has 2 rings (SSSR count). The topological polar surface area (TPSA) is 64.7 Å². The molecule has 0 aliphatic rings. The van der Waals surface area contributed by atoms with Gasteiger partial charge in [0.1, 0.15) is 5.69 Å².